The summed E-state index contributed by atoms with van der Waals surface area (Å²) in [6.45, 7) is 3.22. The SMILES string of the molecule is CC1CCCN(C(=O)Nc2cc(F)ccc2S(N)(=O)=O)C1. The summed E-state index contributed by atoms with van der Waals surface area (Å²) in [7, 11) is -4.04. The Morgan fingerprint density at radius 2 is 2.19 bits per heavy atom. The molecule has 0 aromatic heterocycles. The number of rotatable bonds is 2. The third-order valence-electron chi connectivity index (χ3n) is 3.43. The van der Waals surface area contributed by atoms with Gasteiger partial charge in [-0.25, -0.2) is 22.7 Å². The van der Waals surface area contributed by atoms with E-state index in [1.807, 2.05) is 6.92 Å². The highest BCUT2D eigenvalue weighted by molar-refractivity contribution is 7.89. The highest BCUT2D eigenvalue weighted by Crippen LogP contribution is 2.23. The van der Waals surface area contributed by atoms with Crippen LogP contribution in [0, 0.1) is 11.7 Å². The minimum Gasteiger partial charge on any atom is -0.324 e. The zero-order valence-corrected chi connectivity index (χ0v) is 12.5. The molecule has 0 saturated carbocycles. The molecule has 21 heavy (non-hydrogen) atoms. The highest BCUT2D eigenvalue weighted by atomic mass is 32.2. The summed E-state index contributed by atoms with van der Waals surface area (Å²) in [6, 6.07) is 2.53. The number of halogens is 1. The molecule has 116 valence electrons. The fraction of sp³-hybridized carbons (Fsp3) is 0.462. The van der Waals surface area contributed by atoms with E-state index in [0.717, 1.165) is 31.0 Å². The van der Waals surface area contributed by atoms with Crippen LogP contribution >= 0.6 is 0 Å². The lowest BCUT2D eigenvalue weighted by Gasteiger charge is -2.31. The Bertz CT molecular complexity index is 648. The van der Waals surface area contributed by atoms with Crippen LogP contribution in [-0.4, -0.2) is 32.4 Å². The zero-order chi connectivity index (χ0) is 15.6. The molecule has 1 aromatic carbocycles. The lowest BCUT2D eigenvalue weighted by molar-refractivity contribution is 0.182. The smallest absolute Gasteiger partial charge is 0.321 e. The van der Waals surface area contributed by atoms with E-state index in [1.165, 1.54) is 0 Å². The summed E-state index contributed by atoms with van der Waals surface area (Å²) in [4.78, 5) is 13.4. The minimum atomic E-state index is -4.04. The van der Waals surface area contributed by atoms with Gasteiger partial charge in [-0.05, 0) is 37.0 Å². The summed E-state index contributed by atoms with van der Waals surface area (Å²) in [5.74, 6) is -0.264. The quantitative estimate of drug-likeness (QED) is 0.870. The molecule has 0 aliphatic carbocycles. The standard InChI is InChI=1S/C13H18FN3O3S/c1-9-3-2-6-17(8-9)13(18)16-11-7-10(14)4-5-12(11)21(15,19)20/h4-5,7,9H,2-3,6,8H2,1H3,(H,16,18)(H2,15,19,20). The Kier molecular flexibility index (Phi) is 4.48. The number of sulfonamides is 1. The average Bonchev–Trinajstić information content (AvgIpc) is 2.37. The Hall–Kier alpha value is -1.67. The number of primary sulfonamides is 1. The maximum atomic E-state index is 13.3. The summed E-state index contributed by atoms with van der Waals surface area (Å²) in [6.07, 6.45) is 1.94. The van der Waals surface area contributed by atoms with Gasteiger partial charge < -0.3 is 10.2 Å². The molecule has 1 aliphatic heterocycles. The lowest BCUT2D eigenvalue weighted by Crippen LogP contribution is -2.41. The number of hydrogen-bond acceptors (Lipinski definition) is 3. The van der Waals surface area contributed by atoms with E-state index in [1.54, 1.807) is 4.90 Å². The number of nitrogens with two attached hydrogens (primary N) is 1. The van der Waals surface area contributed by atoms with E-state index in [-0.39, 0.29) is 10.6 Å². The van der Waals surface area contributed by atoms with E-state index < -0.39 is 21.9 Å². The summed E-state index contributed by atoms with van der Waals surface area (Å²) in [5.41, 5.74) is -0.138. The van der Waals surface area contributed by atoms with Gasteiger partial charge in [0.2, 0.25) is 10.0 Å². The predicted molar refractivity (Wildman–Crippen MR) is 76.8 cm³/mol. The Labute approximate surface area is 123 Å². The molecule has 1 saturated heterocycles. The molecule has 1 aromatic rings. The molecule has 3 N–H and O–H groups in total. The molecule has 1 unspecified atom stereocenters. The second kappa shape index (κ2) is 5.98. The van der Waals surface area contributed by atoms with Gasteiger partial charge in [-0.15, -0.1) is 0 Å². The van der Waals surface area contributed by atoms with Crippen molar-refractivity contribution >= 4 is 21.7 Å². The van der Waals surface area contributed by atoms with Gasteiger partial charge in [0.1, 0.15) is 10.7 Å². The number of carbonyl (C=O) groups excluding carboxylic acids is 1. The molecular weight excluding hydrogens is 297 g/mol. The Morgan fingerprint density at radius 3 is 2.81 bits per heavy atom. The van der Waals surface area contributed by atoms with Crippen LogP contribution in [0.15, 0.2) is 23.1 Å². The number of anilines is 1. The molecule has 0 bridgehead atoms. The second-order valence-corrected chi connectivity index (χ2v) is 6.84. The van der Waals surface area contributed by atoms with Crippen molar-refractivity contribution in [3.63, 3.8) is 0 Å². The van der Waals surface area contributed by atoms with Gasteiger partial charge in [-0.3, -0.25) is 0 Å². The fourth-order valence-corrected chi connectivity index (χ4v) is 3.09. The van der Waals surface area contributed by atoms with Crippen LogP contribution < -0.4 is 10.5 Å². The number of urea groups is 1. The number of nitrogens with zero attached hydrogens (tertiary/aromatic N) is 1. The largest absolute Gasteiger partial charge is 0.324 e. The first kappa shape index (κ1) is 15.7. The molecule has 0 spiro atoms. The van der Waals surface area contributed by atoms with Crippen molar-refractivity contribution in [1.82, 2.24) is 4.90 Å². The van der Waals surface area contributed by atoms with Crippen LogP contribution in [0.25, 0.3) is 0 Å². The van der Waals surface area contributed by atoms with E-state index in [4.69, 9.17) is 5.14 Å². The summed E-state index contributed by atoms with van der Waals surface area (Å²) >= 11 is 0. The van der Waals surface area contributed by atoms with Gasteiger partial charge in [-0.1, -0.05) is 6.92 Å². The molecule has 1 fully saturated rings. The lowest BCUT2D eigenvalue weighted by atomic mass is 10.0. The number of benzene rings is 1. The Balaban J connectivity index is 2.22. The molecule has 1 atom stereocenters. The molecule has 0 radical (unpaired) electrons. The van der Waals surface area contributed by atoms with E-state index in [0.29, 0.717) is 19.0 Å². The van der Waals surface area contributed by atoms with E-state index in [9.17, 15) is 17.6 Å². The molecule has 1 aliphatic rings. The zero-order valence-electron chi connectivity index (χ0n) is 11.7. The van der Waals surface area contributed by atoms with E-state index in [2.05, 4.69) is 5.32 Å². The Morgan fingerprint density at radius 1 is 1.48 bits per heavy atom. The molecule has 8 heteroatoms. The van der Waals surface area contributed by atoms with Crippen molar-refractivity contribution in [1.29, 1.82) is 0 Å². The third-order valence-corrected chi connectivity index (χ3v) is 4.40. The van der Waals surface area contributed by atoms with Crippen molar-refractivity contribution in [3.05, 3.63) is 24.0 Å². The van der Waals surface area contributed by atoms with Crippen LogP contribution in [0.2, 0.25) is 0 Å². The average molecular weight is 315 g/mol. The van der Waals surface area contributed by atoms with Gasteiger partial charge in [0.05, 0.1) is 5.69 Å². The van der Waals surface area contributed by atoms with Gasteiger partial charge >= 0.3 is 6.03 Å². The maximum absolute atomic E-state index is 13.3. The fourth-order valence-electron chi connectivity index (χ4n) is 2.42. The van der Waals surface area contributed by atoms with Crippen LogP contribution in [0.3, 0.4) is 0 Å². The molecule has 6 nitrogen and oxygen atoms in total. The number of nitrogens with one attached hydrogen (secondary N) is 1. The highest BCUT2D eigenvalue weighted by Gasteiger charge is 2.23. The predicted octanol–water partition coefficient (Wildman–Crippen LogP) is 1.74. The van der Waals surface area contributed by atoms with Gasteiger partial charge in [0, 0.05) is 13.1 Å². The number of carbonyl (C=O) groups is 1. The number of hydrogen-bond donors (Lipinski definition) is 2. The number of amides is 2. The van der Waals surface area contributed by atoms with Gasteiger partial charge in [0.15, 0.2) is 0 Å². The first-order chi connectivity index (χ1) is 9.77. The topological polar surface area (TPSA) is 92.5 Å². The van der Waals surface area contributed by atoms with Crippen LogP contribution in [0.4, 0.5) is 14.9 Å². The van der Waals surface area contributed by atoms with Crippen molar-refractivity contribution in [2.45, 2.75) is 24.7 Å². The summed E-state index contributed by atoms with van der Waals surface area (Å²) < 4.78 is 36.2. The first-order valence-electron chi connectivity index (χ1n) is 6.65. The number of piperidine rings is 1. The minimum absolute atomic E-state index is 0.138. The third kappa shape index (κ3) is 3.92. The van der Waals surface area contributed by atoms with Crippen LogP contribution in [-0.2, 0) is 10.0 Å². The second-order valence-electron chi connectivity index (χ2n) is 5.31. The van der Waals surface area contributed by atoms with Crippen LogP contribution in [0.1, 0.15) is 19.8 Å². The van der Waals surface area contributed by atoms with Crippen molar-refractivity contribution in [2.75, 3.05) is 18.4 Å². The van der Waals surface area contributed by atoms with Crippen molar-refractivity contribution in [3.8, 4) is 0 Å². The van der Waals surface area contributed by atoms with E-state index >= 15 is 0 Å². The maximum Gasteiger partial charge on any atom is 0.321 e. The van der Waals surface area contributed by atoms with Crippen LogP contribution in [0.5, 0.6) is 0 Å². The first-order valence-corrected chi connectivity index (χ1v) is 8.20. The van der Waals surface area contributed by atoms with Gasteiger partial charge in [-0.2, -0.15) is 0 Å². The molecular formula is C13H18FN3O3S. The normalized spacial score (nSPS) is 19.4. The van der Waals surface area contributed by atoms with Crippen molar-refractivity contribution < 1.29 is 17.6 Å². The summed E-state index contributed by atoms with van der Waals surface area (Å²) in [5, 5.41) is 7.50. The van der Waals surface area contributed by atoms with Gasteiger partial charge in [0.25, 0.3) is 0 Å². The monoisotopic (exact) mass is 315 g/mol. The number of likely N-dealkylation sites (tertiary alicyclic amines) is 1. The molecule has 2 rings (SSSR count). The molecule has 1 heterocycles. The van der Waals surface area contributed by atoms with Crippen molar-refractivity contribution in [2.24, 2.45) is 11.1 Å². The molecule has 2 amide bonds.